The average molecular weight is 249 g/mol. The monoisotopic (exact) mass is 249 g/mol. The third-order valence-corrected chi connectivity index (χ3v) is 3.89. The summed E-state index contributed by atoms with van der Waals surface area (Å²) in [6, 6.07) is 2.05. The molecule has 2 aliphatic carbocycles. The Morgan fingerprint density at radius 2 is 1.94 bits per heavy atom. The zero-order chi connectivity index (χ0) is 12.5. The highest BCUT2D eigenvalue weighted by molar-refractivity contribution is 4.96. The minimum Gasteiger partial charge on any atom is -0.312 e. The second-order valence-corrected chi connectivity index (χ2v) is 5.46. The first-order valence-electron chi connectivity index (χ1n) is 6.77. The van der Waals surface area contributed by atoms with Gasteiger partial charge in [-0.2, -0.15) is 0 Å². The predicted molar refractivity (Wildman–Crippen MR) is 68.6 cm³/mol. The smallest absolute Gasteiger partial charge is 0.312 e. The van der Waals surface area contributed by atoms with E-state index in [1.807, 2.05) is 0 Å². The Balaban J connectivity index is 1.54. The Morgan fingerprint density at radius 1 is 1.28 bits per heavy atom. The van der Waals surface area contributed by atoms with Crippen LogP contribution in [0.15, 0.2) is 21.9 Å². The maximum atomic E-state index is 11.5. The van der Waals surface area contributed by atoms with E-state index in [1.165, 1.54) is 31.7 Å². The van der Waals surface area contributed by atoms with Crippen molar-refractivity contribution in [1.29, 1.82) is 0 Å². The van der Waals surface area contributed by atoms with Crippen molar-refractivity contribution in [3.8, 4) is 0 Å². The van der Waals surface area contributed by atoms with E-state index < -0.39 is 0 Å². The third kappa shape index (κ3) is 2.72. The second kappa shape index (κ2) is 4.72. The quantitative estimate of drug-likeness (QED) is 0.762. The van der Waals surface area contributed by atoms with Crippen LogP contribution in [0.1, 0.15) is 25.7 Å². The summed E-state index contributed by atoms with van der Waals surface area (Å²) in [5, 5.41) is 3.58. The minimum absolute atomic E-state index is 0.321. The summed E-state index contributed by atoms with van der Waals surface area (Å²) in [4.78, 5) is 24.7. The van der Waals surface area contributed by atoms with Crippen LogP contribution < -0.4 is 16.6 Å². The number of hydrogen-bond donors (Lipinski definition) is 2. The molecule has 0 bridgehead atoms. The average Bonchev–Trinajstić information content (AvgIpc) is 3.20. The fourth-order valence-electron chi connectivity index (χ4n) is 2.60. The van der Waals surface area contributed by atoms with Crippen LogP contribution in [0.3, 0.4) is 0 Å². The van der Waals surface area contributed by atoms with Crippen molar-refractivity contribution in [1.82, 2.24) is 14.9 Å². The third-order valence-electron chi connectivity index (χ3n) is 3.89. The van der Waals surface area contributed by atoms with Gasteiger partial charge in [0, 0.05) is 31.4 Å². The van der Waals surface area contributed by atoms with Crippen LogP contribution in [-0.2, 0) is 6.54 Å². The van der Waals surface area contributed by atoms with Crippen LogP contribution in [0.2, 0.25) is 0 Å². The second-order valence-electron chi connectivity index (χ2n) is 5.46. The topological polar surface area (TPSA) is 66.9 Å². The van der Waals surface area contributed by atoms with Gasteiger partial charge in [-0.05, 0) is 37.5 Å². The Morgan fingerprint density at radius 3 is 2.50 bits per heavy atom. The number of nitrogens with zero attached hydrogens (tertiary/aromatic N) is 1. The van der Waals surface area contributed by atoms with Crippen LogP contribution in [0.5, 0.6) is 0 Å². The van der Waals surface area contributed by atoms with Gasteiger partial charge < -0.3 is 5.32 Å². The van der Waals surface area contributed by atoms with Crippen molar-refractivity contribution in [3.05, 3.63) is 33.1 Å². The normalized spacial score (nSPS) is 19.4. The molecule has 2 N–H and O–H groups in total. The molecule has 0 aliphatic heterocycles. The molecule has 18 heavy (non-hydrogen) atoms. The number of H-pyrrole nitrogens is 1. The maximum Gasteiger partial charge on any atom is 0.328 e. The van der Waals surface area contributed by atoms with E-state index in [0.29, 0.717) is 12.6 Å². The molecule has 0 unspecified atom stereocenters. The summed E-state index contributed by atoms with van der Waals surface area (Å²) in [5.41, 5.74) is -0.656. The Bertz CT molecular complexity index is 514. The largest absolute Gasteiger partial charge is 0.328 e. The minimum atomic E-state index is -0.335. The van der Waals surface area contributed by atoms with Gasteiger partial charge in [0.05, 0.1) is 0 Å². The molecule has 3 rings (SSSR count). The number of hydrogen-bond acceptors (Lipinski definition) is 3. The van der Waals surface area contributed by atoms with E-state index in [9.17, 15) is 9.59 Å². The molecule has 1 heterocycles. The first-order chi connectivity index (χ1) is 8.74. The molecule has 5 heteroatoms. The zero-order valence-corrected chi connectivity index (χ0v) is 10.4. The summed E-state index contributed by atoms with van der Waals surface area (Å²) in [7, 11) is 0. The van der Waals surface area contributed by atoms with Crippen molar-refractivity contribution < 1.29 is 0 Å². The van der Waals surface area contributed by atoms with Gasteiger partial charge in [0.15, 0.2) is 0 Å². The van der Waals surface area contributed by atoms with Gasteiger partial charge in [0.25, 0.3) is 5.56 Å². The van der Waals surface area contributed by atoms with Crippen LogP contribution in [0.25, 0.3) is 0 Å². The molecular weight excluding hydrogens is 230 g/mol. The molecule has 1 aromatic rings. The summed E-state index contributed by atoms with van der Waals surface area (Å²) < 4.78 is 1.55. The SMILES string of the molecule is O=c1ccn(CCNC(C2CC2)C2CC2)c(=O)[nH]1. The lowest BCUT2D eigenvalue weighted by Gasteiger charge is -2.17. The fourth-order valence-corrected chi connectivity index (χ4v) is 2.60. The van der Waals surface area contributed by atoms with Crippen LogP contribution in [0.4, 0.5) is 0 Å². The zero-order valence-electron chi connectivity index (χ0n) is 10.4. The number of aromatic amines is 1. The van der Waals surface area contributed by atoms with E-state index in [-0.39, 0.29) is 11.2 Å². The lowest BCUT2D eigenvalue weighted by Crippen LogP contribution is -2.38. The molecule has 5 nitrogen and oxygen atoms in total. The summed E-state index contributed by atoms with van der Waals surface area (Å²) in [5.74, 6) is 1.73. The van der Waals surface area contributed by atoms with Crippen LogP contribution >= 0.6 is 0 Å². The van der Waals surface area contributed by atoms with E-state index >= 15 is 0 Å². The highest BCUT2D eigenvalue weighted by Gasteiger charge is 2.40. The molecule has 98 valence electrons. The molecule has 2 saturated carbocycles. The Labute approximate surface area is 105 Å². The molecule has 0 amide bonds. The summed E-state index contributed by atoms with van der Waals surface area (Å²) in [6.45, 7) is 1.41. The van der Waals surface area contributed by atoms with Gasteiger partial charge in [-0.15, -0.1) is 0 Å². The highest BCUT2D eigenvalue weighted by atomic mass is 16.2. The lowest BCUT2D eigenvalue weighted by molar-refractivity contribution is 0.404. The van der Waals surface area contributed by atoms with Gasteiger partial charge in [-0.25, -0.2) is 4.79 Å². The number of rotatable bonds is 6. The fraction of sp³-hybridized carbons (Fsp3) is 0.692. The molecule has 0 atom stereocenters. The summed E-state index contributed by atoms with van der Waals surface area (Å²) in [6.07, 6.45) is 6.98. The molecular formula is C13H19N3O2. The van der Waals surface area contributed by atoms with Gasteiger partial charge in [0.1, 0.15) is 0 Å². The van der Waals surface area contributed by atoms with E-state index in [2.05, 4.69) is 10.3 Å². The van der Waals surface area contributed by atoms with E-state index in [1.54, 1.807) is 10.8 Å². The van der Waals surface area contributed by atoms with Gasteiger partial charge in [-0.1, -0.05) is 0 Å². The highest BCUT2D eigenvalue weighted by Crippen LogP contribution is 2.44. The maximum absolute atomic E-state index is 11.5. The molecule has 0 radical (unpaired) electrons. The lowest BCUT2D eigenvalue weighted by atomic mass is 10.1. The number of aromatic nitrogens is 2. The Hall–Kier alpha value is -1.36. The summed E-state index contributed by atoms with van der Waals surface area (Å²) >= 11 is 0. The van der Waals surface area contributed by atoms with Crippen LogP contribution in [-0.4, -0.2) is 22.1 Å². The van der Waals surface area contributed by atoms with E-state index in [0.717, 1.165) is 18.4 Å². The van der Waals surface area contributed by atoms with Crippen molar-refractivity contribution in [3.63, 3.8) is 0 Å². The first kappa shape index (κ1) is 11.7. The molecule has 0 saturated heterocycles. The molecule has 2 aliphatic rings. The van der Waals surface area contributed by atoms with Gasteiger partial charge in [-0.3, -0.25) is 14.3 Å². The standard InChI is InChI=1S/C13H19N3O2/c17-11-5-7-16(13(18)15-11)8-6-14-12(9-1-2-9)10-3-4-10/h5,7,9-10,12,14H,1-4,6,8H2,(H,15,17,18). The molecule has 0 aromatic carbocycles. The van der Waals surface area contributed by atoms with Gasteiger partial charge in [0.2, 0.25) is 0 Å². The van der Waals surface area contributed by atoms with Crippen molar-refractivity contribution in [2.75, 3.05) is 6.54 Å². The number of nitrogens with one attached hydrogen (secondary N) is 2. The first-order valence-corrected chi connectivity index (χ1v) is 6.77. The molecule has 0 spiro atoms. The van der Waals surface area contributed by atoms with Crippen molar-refractivity contribution >= 4 is 0 Å². The van der Waals surface area contributed by atoms with E-state index in [4.69, 9.17) is 0 Å². The molecule has 2 fully saturated rings. The predicted octanol–water partition coefficient (Wildman–Crippen LogP) is 0.315. The van der Waals surface area contributed by atoms with Crippen molar-refractivity contribution in [2.45, 2.75) is 38.3 Å². The van der Waals surface area contributed by atoms with Gasteiger partial charge >= 0.3 is 5.69 Å². The van der Waals surface area contributed by atoms with Crippen LogP contribution in [0, 0.1) is 11.8 Å². The molecule has 1 aromatic heterocycles. The Kier molecular flexibility index (Phi) is 3.07. The van der Waals surface area contributed by atoms with Crippen molar-refractivity contribution in [2.24, 2.45) is 11.8 Å².